The first kappa shape index (κ1) is 14.4. The fraction of sp³-hybridized carbons (Fsp3) is 0.462. The van der Waals surface area contributed by atoms with Crippen LogP contribution in [0.2, 0.25) is 0 Å². The van der Waals surface area contributed by atoms with Gasteiger partial charge in [-0.25, -0.2) is 4.79 Å². The maximum atomic E-state index is 11.9. The molecule has 0 radical (unpaired) electrons. The number of carbonyl (C=O) groups excluding carboxylic acids is 1. The highest BCUT2D eigenvalue weighted by Crippen LogP contribution is 2.09. The quantitative estimate of drug-likeness (QED) is 0.917. The first-order valence-corrected chi connectivity index (χ1v) is 8.78. The molecule has 1 saturated heterocycles. The van der Waals surface area contributed by atoms with Crippen molar-refractivity contribution in [3.63, 3.8) is 0 Å². The summed E-state index contributed by atoms with van der Waals surface area (Å²) in [6.07, 6.45) is 0. The molecule has 1 heterocycles. The number of rotatable bonds is 4. The minimum Gasteiger partial charge on any atom is -0.337 e. The van der Waals surface area contributed by atoms with Gasteiger partial charge in [0.1, 0.15) is 0 Å². The molecule has 1 aliphatic heterocycles. The van der Waals surface area contributed by atoms with Gasteiger partial charge in [0, 0.05) is 41.8 Å². The van der Waals surface area contributed by atoms with E-state index in [1.807, 2.05) is 47.0 Å². The largest absolute Gasteiger partial charge is 0.337 e. The number of nitrogens with one attached hydrogen (secondary N) is 1. The van der Waals surface area contributed by atoms with Crippen LogP contribution in [0, 0.1) is 0 Å². The third kappa shape index (κ3) is 4.54. The number of hydrogen-bond acceptors (Lipinski definition) is 3. The van der Waals surface area contributed by atoms with Crippen LogP contribution in [-0.2, 0) is 10.8 Å². The highest BCUT2D eigenvalue weighted by atomic mass is 32.2. The zero-order valence-corrected chi connectivity index (χ0v) is 12.3. The zero-order chi connectivity index (χ0) is 13.5. The second-order valence-corrected chi connectivity index (χ2v) is 6.99. The molecule has 4 nitrogen and oxygen atoms in total. The molecule has 104 valence electrons. The summed E-state index contributed by atoms with van der Waals surface area (Å²) in [5, 5.41) is 2.84. The van der Waals surface area contributed by atoms with E-state index in [1.165, 1.54) is 0 Å². The molecule has 1 atom stereocenters. The van der Waals surface area contributed by atoms with Gasteiger partial charge in [-0.1, -0.05) is 18.2 Å². The number of urea groups is 1. The first-order chi connectivity index (χ1) is 9.27. The molecule has 6 heteroatoms. The van der Waals surface area contributed by atoms with Crippen LogP contribution in [0.1, 0.15) is 0 Å². The molecular weight excluding hydrogens is 280 g/mol. The minimum atomic E-state index is -1.04. The van der Waals surface area contributed by atoms with Gasteiger partial charge in [-0.3, -0.25) is 4.21 Å². The molecule has 1 fully saturated rings. The van der Waals surface area contributed by atoms with Crippen molar-refractivity contribution in [3.05, 3.63) is 30.3 Å². The van der Waals surface area contributed by atoms with E-state index in [-0.39, 0.29) is 6.03 Å². The summed E-state index contributed by atoms with van der Waals surface area (Å²) in [6.45, 7) is 2.06. The molecule has 0 aromatic heterocycles. The number of benzene rings is 1. The van der Waals surface area contributed by atoms with Gasteiger partial charge in [0.05, 0.1) is 10.8 Å². The van der Waals surface area contributed by atoms with Crippen LogP contribution in [0.3, 0.4) is 0 Å². The van der Waals surface area contributed by atoms with E-state index in [2.05, 4.69) is 5.32 Å². The Kier molecular flexibility index (Phi) is 5.72. The van der Waals surface area contributed by atoms with E-state index >= 15 is 0 Å². The monoisotopic (exact) mass is 298 g/mol. The van der Waals surface area contributed by atoms with Crippen molar-refractivity contribution in [1.29, 1.82) is 0 Å². The van der Waals surface area contributed by atoms with Gasteiger partial charge >= 0.3 is 6.03 Å². The molecule has 0 aliphatic carbocycles. The topological polar surface area (TPSA) is 49.4 Å². The van der Waals surface area contributed by atoms with Gasteiger partial charge in [-0.05, 0) is 12.1 Å². The van der Waals surface area contributed by atoms with Gasteiger partial charge in [-0.2, -0.15) is 11.8 Å². The lowest BCUT2D eigenvalue weighted by Gasteiger charge is -2.26. The summed E-state index contributed by atoms with van der Waals surface area (Å²) < 4.78 is 11.9. The summed E-state index contributed by atoms with van der Waals surface area (Å²) >= 11 is 1.87. The summed E-state index contributed by atoms with van der Waals surface area (Å²) in [4.78, 5) is 14.5. The van der Waals surface area contributed by atoms with E-state index in [0.717, 1.165) is 29.5 Å². The highest BCUT2D eigenvalue weighted by molar-refractivity contribution is 7.99. The predicted molar refractivity (Wildman–Crippen MR) is 80.0 cm³/mol. The van der Waals surface area contributed by atoms with E-state index in [0.29, 0.717) is 12.3 Å². The average Bonchev–Trinajstić information content (AvgIpc) is 2.49. The molecule has 0 spiro atoms. The van der Waals surface area contributed by atoms with Gasteiger partial charge in [0.25, 0.3) is 0 Å². The summed E-state index contributed by atoms with van der Waals surface area (Å²) in [5.41, 5.74) is 0. The summed E-state index contributed by atoms with van der Waals surface area (Å²) in [5.74, 6) is 2.46. The van der Waals surface area contributed by atoms with Crippen LogP contribution in [0.4, 0.5) is 4.79 Å². The number of nitrogens with zero attached hydrogens (tertiary/aromatic N) is 1. The summed E-state index contributed by atoms with van der Waals surface area (Å²) in [7, 11) is -1.04. The molecule has 1 aromatic carbocycles. The molecule has 1 N–H and O–H groups in total. The molecular formula is C13H18N2O2S2. The van der Waals surface area contributed by atoms with Crippen LogP contribution < -0.4 is 5.32 Å². The Morgan fingerprint density at radius 1 is 1.26 bits per heavy atom. The van der Waals surface area contributed by atoms with Crippen molar-refractivity contribution < 1.29 is 9.00 Å². The van der Waals surface area contributed by atoms with Gasteiger partial charge < -0.3 is 10.2 Å². The Morgan fingerprint density at radius 3 is 2.63 bits per heavy atom. The van der Waals surface area contributed by atoms with Crippen molar-refractivity contribution in [3.8, 4) is 0 Å². The van der Waals surface area contributed by atoms with Crippen LogP contribution >= 0.6 is 11.8 Å². The lowest BCUT2D eigenvalue weighted by molar-refractivity contribution is 0.204. The molecule has 0 bridgehead atoms. The Labute approximate surface area is 120 Å². The predicted octanol–water partition coefficient (Wildman–Crippen LogP) is 1.55. The third-order valence-corrected chi connectivity index (χ3v) is 5.18. The molecule has 2 amide bonds. The van der Waals surface area contributed by atoms with E-state index in [9.17, 15) is 9.00 Å². The number of carbonyl (C=O) groups is 1. The SMILES string of the molecule is O=C(NCCS(=O)c1ccccc1)N1CCSCC1. The smallest absolute Gasteiger partial charge is 0.317 e. The molecule has 2 rings (SSSR count). The van der Waals surface area contributed by atoms with Crippen LogP contribution in [0.25, 0.3) is 0 Å². The minimum absolute atomic E-state index is 0.0367. The third-order valence-electron chi connectivity index (χ3n) is 2.87. The van der Waals surface area contributed by atoms with Gasteiger partial charge in [0.2, 0.25) is 0 Å². The first-order valence-electron chi connectivity index (χ1n) is 6.31. The highest BCUT2D eigenvalue weighted by Gasteiger charge is 2.16. The molecule has 1 aliphatic rings. The maximum absolute atomic E-state index is 11.9. The van der Waals surface area contributed by atoms with Crippen LogP contribution in [0.5, 0.6) is 0 Å². The molecule has 1 aromatic rings. The van der Waals surface area contributed by atoms with Crippen molar-refractivity contribution in [2.24, 2.45) is 0 Å². The van der Waals surface area contributed by atoms with Crippen molar-refractivity contribution >= 4 is 28.6 Å². The van der Waals surface area contributed by atoms with Crippen LogP contribution in [-0.4, -0.2) is 52.0 Å². The van der Waals surface area contributed by atoms with Gasteiger partial charge in [-0.15, -0.1) is 0 Å². The zero-order valence-electron chi connectivity index (χ0n) is 10.7. The lowest BCUT2D eigenvalue weighted by Crippen LogP contribution is -2.45. The fourth-order valence-electron chi connectivity index (χ4n) is 1.82. The Hall–Kier alpha value is -1.01. The number of thioether (sulfide) groups is 1. The average molecular weight is 298 g/mol. The van der Waals surface area contributed by atoms with Crippen molar-refractivity contribution in [2.45, 2.75) is 4.90 Å². The second kappa shape index (κ2) is 7.55. The fourth-order valence-corrected chi connectivity index (χ4v) is 3.71. The van der Waals surface area contributed by atoms with Gasteiger partial charge in [0.15, 0.2) is 0 Å². The molecule has 0 saturated carbocycles. The lowest BCUT2D eigenvalue weighted by atomic mass is 10.4. The Morgan fingerprint density at radius 2 is 1.95 bits per heavy atom. The Balaban J connectivity index is 1.71. The number of hydrogen-bond donors (Lipinski definition) is 1. The Bertz CT molecular complexity index is 434. The van der Waals surface area contributed by atoms with Crippen molar-refractivity contribution in [1.82, 2.24) is 10.2 Å². The molecule has 19 heavy (non-hydrogen) atoms. The second-order valence-electron chi connectivity index (χ2n) is 4.19. The molecule has 1 unspecified atom stereocenters. The maximum Gasteiger partial charge on any atom is 0.317 e. The summed E-state index contributed by atoms with van der Waals surface area (Å²) in [6, 6.07) is 9.30. The van der Waals surface area contributed by atoms with Crippen molar-refractivity contribution in [2.75, 3.05) is 36.9 Å². The van der Waals surface area contributed by atoms with Crippen LogP contribution in [0.15, 0.2) is 35.2 Å². The van der Waals surface area contributed by atoms with E-state index in [1.54, 1.807) is 0 Å². The normalized spacial score (nSPS) is 16.9. The van der Waals surface area contributed by atoms with E-state index < -0.39 is 10.8 Å². The standard InChI is InChI=1S/C13H18N2O2S2/c16-13(15-7-9-18-10-8-15)14-6-11-19(17)12-4-2-1-3-5-12/h1-5H,6-11H2,(H,14,16). The van der Waals surface area contributed by atoms with E-state index in [4.69, 9.17) is 0 Å². The number of amides is 2.